The minimum atomic E-state index is 0.0168. The third-order valence-electron chi connectivity index (χ3n) is 4.57. The number of hydrogen-bond acceptors (Lipinski definition) is 6. The van der Waals surface area contributed by atoms with E-state index in [2.05, 4.69) is 19.9 Å². The van der Waals surface area contributed by atoms with Gasteiger partial charge >= 0.3 is 0 Å². The van der Waals surface area contributed by atoms with E-state index in [0.29, 0.717) is 37.6 Å². The minimum absolute atomic E-state index is 0.0168. The number of fused-ring (bicyclic) bond motifs is 1. The third-order valence-corrected chi connectivity index (χ3v) is 4.57. The van der Waals surface area contributed by atoms with E-state index in [-0.39, 0.29) is 5.91 Å². The molecule has 132 valence electrons. The van der Waals surface area contributed by atoms with Gasteiger partial charge in [0.1, 0.15) is 12.1 Å². The fourth-order valence-electron chi connectivity index (χ4n) is 3.12. The molecule has 4 rings (SSSR count). The van der Waals surface area contributed by atoms with E-state index >= 15 is 0 Å². The normalized spacial score (nSPS) is 14.5. The first kappa shape index (κ1) is 16.3. The summed E-state index contributed by atoms with van der Waals surface area (Å²) in [5.74, 6) is 1.37. The molecule has 0 aliphatic carbocycles. The van der Waals surface area contributed by atoms with Crippen LogP contribution in [0.2, 0.25) is 0 Å². The van der Waals surface area contributed by atoms with Crippen molar-refractivity contribution in [3.63, 3.8) is 0 Å². The summed E-state index contributed by atoms with van der Waals surface area (Å²) in [4.78, 5) is 29.5. The molecule has 0 saturated carbocycles. The van der Waals surface area contributed by atoms with Gasteiger partial charge in [-0.2, -0.15) is 0 Å². The zero-order valence-electron chi connectivity index (χ0n) is 14.5. The Morgan fingerprint density at radius 3 is 2.65 bits per heavy atom. The molecule has 1 aromatic carbocycles. The fraction of sp³-hybridized carbons (Fsp3) is 0.263. The Bertz CT molecular complexity index is 938. The number of amides is 1. The fourth-order valence-corrected chi connectivity index (χ4v) is 3.12. The van der Waals surface area contributed by atoms with Crippen LogP contribution in [0.15, 0.2) is 48.9 Å². The van der Waals surface area contributed by atoms with Crippen molar-refractivity contribution in [2.24, 2.45) is 0 Å². The standard InChI is InChI=1S/C19H19N5O2/c1-26-18-11-17(21-13-22-18)23-6-8-24(9-7-23)19(25)15-10-14-4-2-3-5-16(14)20-12-15/h2-5,10-13H,6-9H2,1H3. The Morgan fingerprint density at radius 1 is 1.04 bits per heavy atom. The van der Waals surface area contributed by atoms with Crippen LogP contribution < -0.4 is 9.64 Å². The summed E-state index contributed by atoms with van der Waals surface area (Å²) in [6.45, 7) is 2.70. The highest BCUT2D eigenvalue weighted by molar-refractivity contribution is 5.97. The van der Waals surface area contributed by atoms with Gasteiger partial charge in [0.05, 0.1) is 18.2 Å². The monoisotopic (exact) mass is 349 g/mol. The average Bonchev–Trinajstić information content (AvgIpc) is 2.73. The molecular weight excluding hydrogens is 330 g/mol. The Balaban J connectivity index is 1.45. The molecule has 0 radical (unpaired) electrons. The molecule has 0 bridgehead atoms. The molecule has 0 N–H and O–H groups in total. The number of carbonyl (C=O) groups excluding carboxylic acids is 1. The lowest BCUT2D eigenvalue weighted by Crippen LogP contribution is -2.49. The van der Waals surface area contributed by atoms with Crippen LogP contribution in [0.3, 0.4) is 0 Å². The van der Waals surface area contributed by atoms with E-state index in [4.69, 9.17) is 4.74 Å². The van der Waals surface area contributed by atoms with Crippen molar-refractivity contribution in [1.82, 2.24) is 19.9 Å². The maximum Gasteiger partial charge on any atom is 0.255 e. The molecule has 1 amide bonds. The zero-order chi connectivity index (χ0) is 17.9. The van der Waals surface area contributed by atoms with Crippen LogP contribution in [-0.4, -0.2) is 59.0 Å². The summed E-state index contributed by atoms with van der Waals surface area (Å²) < 4.78 is 5.15. The highest BCUT2D eigenvalue weighted by Crippen LogP contribution is 2.19. The summed E-state index contributed by atoms with van der Waals surface area (Å²) in [5, 5.41) is 0.977. The Hall–Kier alpha value is -3.22. The van der Waals surface area contributed by atoms with Gasteiger partial charge in [0, 0.05) is 43.8 Å². The van der Waals surface area contributed by atoms with Gasteiger partial charge in [-0.05, 0) is 12.1 Å². The smallest absolute Gasteiger partial charge is 0.255 e. The number of piperazine rings is 1. The number of ether oxygens (including phenoxy) is 1. The highest BCUT2D eigenvalue weighted by atomic mass is 16.5. The maximum absolute atomic E-state index is 12.8. The molecule has 3 aromatic rings. The topological polar surface area (TPSA) is 71.5 Å². The van der Waals surface area contributed by atoms with E-state index in [1.165, 1.54) is 6.33 Å². The predicted octanol–water partition coefficient (Wildman–Crippen LogP) is 2.00. The second kappa shape index (κ2) is 6.95. The number of aromatic nitrogens is 3. The predicted molar refractivity (Wildman–Crippen MR) is 98.4 cm³/mol. The summed E-state index contributed by atoms with van der Waals surface area (Å²) in [6.07, 6.45) is 3.15. The van der Waals surface area contributed by atoms with Crippen molar-refractivity contribution in [2.45, 2.75) is 0 Å². The molecule has 2 aromatic heterocycles. The van der Waals surface area contributed by atoms with Gasteiger partial charge in [0.25, 0.3) is 5.91 Å². The van der Waals surface area contributed by atoms with Crippen LogP contribution in [0.4, 0.5) is 5.82 Å². The zero-order valence-corrected chi connectivity index (χ0v) is 14.5. The average molecular weight is 349 g/mol. The van der Waals surface area contributed by atoms with E-state index in [9.17, 15) is 4.79 Å². The van der Waals surface area contributed by atoms with Crippen molar-refractivity contribution in [1.29, 1.82) is 0 Å². The lowest BCUT2D eigenvalue weighted by molar-refractivity contribution is 0.0746. The number of hydrogen-bond donors (Lipinski definition) is 0. The molecule has 7 heteroatoms. The first-order chi connectivity index (χ1) is 12.7. The number of benzene rings is 1. The van der Waals surface area contributed by atoms with Crippen LogP contribution in [0, 0.1) is 0 Å². The number of methoxy groups -OCH3 is 1. The molecule has 0 atom stereocenters. The Kier molecular flexibility index (Phi) is 4.35. The number of carbonyl (C=O) groups is 1. The molecule has 1 aliphatic heterocycles. The second-order valence-corrected chi connectivity index (χ2v) is 6.11. The Morgan fingerprint density at radius 2 is 1.85 bits per heavy atom. The molecular formula is C19H19N5O2. The molecule has 0 spiro atoms. The van der Waals surface area contributed by atoms with Gasteiger partial charge in [0.2, 0.25) is 5.88 Å². The number of rotatable bonds is 3. The number of pyridine rings is 1. The molecule has 1 fully saturated rings. The van der Waals surface area contributed by atoms with Gasteiger partial charge in [-0.15, -0.1) is 0 Å². The Labute approximate surface area is 151 Å². The lowest BCUT2D eigenvalue weighted by Gasteiger charge is -2.35. The van der Waals surface area contributed by atoms with Gasteiger partial charge < -0.3 is 14.5 Å². The number of para-hydroxylation sites is 1. The molecule has 7 nitrogen and oxygen atoms in total. The molecule has 26 heavy (non-hydrogen) atoms. The van der Waals surface area contributed by atoms with Crippen molar-refractivity contribution < 1.29 is 9.53 Å². The van der Waals surface area contributed by atoms with Crippen molar-refractivity contribution in [3.05, 3.63) is 54.5 Å². The van der Waals surface area contributed by atoms with Gasteiger partial charge in [-0.25, -0.2) is 9.97 Å². The molecule has 1 saturated heterocycles. The van der Waals surface area contributed by atoms with E-state index in [1.54, 1.807) is 13.3 Å². The summed E-state index contributed by atoms with van der Waals surface area (Å²) in [6, 6.07) is 11.5. The van der Waals surface area contributed by atoms with Crippen molar-refractivity contribution in [2.75, 3.05) is 38.2 Å². The summed E-state index contributed by atoms with van der Waals surface area (Å²) in [5.41, 5.74) is 1.52. The first-order valence-corrected chi connectivity index (χ1v) is 8.49. The minimum Gasteiger partial charge on any atom is -0.481 e. The third kappa shape index (κ3) is 3.15. The summed E-state index contributed by atoms with van der Waals surface area (Å²) >= 11 is 0. The van der Waals surface area contributed by atoms with Gasteiger partial charge in [0.15, 0.2) is 0 Å². The summed E-state index contributed by atoms with van der Waals surface area (Å²) in [7, 11) is 1.58. The van der Waals surface area contributed by atoms with E-state index in [1.807, 2.05) is 41.3 Å². The molecule has 0 unspecified atom stereocenters. The quantitative estimate of drug-likeness (QED) is 0.720. The van der Waals surface area contributed by atoms with Gasteiger partial charge in [-0.3, -0.25) is 9.78 Å². The number of anilines is 1. The highest BCUT2D eigenvalue weighted by Gasteiger charge is 2.23. The van der Waals surface area contributed by atoms with Crippen LogP contribution in [-0.2, 0) is 0 Å². The van der Waals surface area contributed by atoms with Crippen LogP contribution in [0.1, 0.15) is 10.4 Å². The molecule has 1 aliphatic rings. The van der Waals surface area contributed by atoms with Crippen LogP contribution in [0.25, 0.3) is 10.9 Å². The second-order valence-electron chi connectivity index (χ2n) is 6.11. The van der Waals surface area contributed by atoms with E-state index in [0.717, 1.165) is 16.7 Å². The first-order valence-electron chi connectivity index (χ1n) is 8.49. The lowest BCUT2D eigenvalue weighted by atomic mass is 10.1. The number of nitrogens with zero attached hydrogens (tertiary/aromatic N) is 5. The van der Waals surface area contributed by atoms with E-state index < -0.39 is 0 Å². The van der Waals surface area contributed by atoms with Crippen LogP contribution in [0.5, 0.6) is 5.88 Å². The van der Waals surface area contributed by atoms with Gasteiger partial charge in [-0.1, -0.05) is 18.2 Å². The largest absolute Gasteiger partial charge is 0.481 e. The molecule has 3 heterocycles. The van der Waals surface area contributed by atoms with Crippen LogP contribution >= 0.6 is 0 Å². The van der Waals surface area contributed by atoms with Crippen molar-refractivity contribution >= 4 is 22.6 Å². The van der Waals surface area contributed by atoms with Crippen molar-refractivity contribution in [3.8, 4) is 5.88 Å². The SMILES string of the molecule is COc1cc(N2CCN(C(=O)c3cnc4ccccc4c3)CC2)ncn1. The maximum atomic E-state index is 12.8.